The Labute approximate surface area is 231 Å². The number of ether oxygens (including phenoxy) is 5. The van der Waals surface area contributed by atoms with Crippen molar-refractivity contribution in [1.82, 2.24) is 0 Å². The molecular weight excluding hydrogens is 516 g/mol. The van der Waals surface area contributed by atoms with Crippen molar-refractivity contribution in [1.29, 1.82) is 5.26 Å². The second-order valence-electron chi connectivity index (χ2n) is 9.13. The number of nitrogens with two attached hydrogens (primary N) is 3. The minimum absolute atomic E-state index is 0.0276. The van der Waals surface area contributed by atoms with Crippen molar-refractivity contribution < 1.29 is 33.3 Å². The van der Waals surface area contributed by atoms with Gasteiger partial charge in [-0.2, -0.15) is 5.26 Å². The molecule has 2 aromatic carbocycles. The number of primary amides is 2. The summed E-state index contributed by atoms with van der Waals surface area (Å²) < 4.78 is 27.9. The standard InChI is InChI=1S/C29H30N4O7/c1-36-23-11-16(6-8-21(23)38-14-25(31)34)10-18-4-3-5-19-27(20(13-30)29(33)40-28(18)19)17-7-9-22(24(12-17)37-2)39-15-26(32)35/h6-12,27H,3-5,14-15,33H2,1-2H3,(H2,31,34)(H2,32,35)/b18-10+. The number of hydrogen-bond donors (Lipinski definition) is 3. The number of rotatable bonds is 10. The summed E-state index contributed by atoms with van der Waals surface area (Å²) >= 11 is 0. The summed E-state index contributed by atoms with van der Waals surface area (Å²) in [7, 11) is 2.99. The molecule has 0 fully saturated rings. The number of benzene rings is 2. The smallest absolute Gasteiger partial charge is 0.255 e. The minimum atomic E-state index is -0.611. The number of nitrogens with zero attached hydrogens (tertiary/aromatic N) is 1. The highest BCUT2D eigenvalue weighted by Crippen LogP contribution is 2.48. The van der Waals surface area contributed by atoms with E-state index in [1.807, 2.05) is 12.1 Å². The molecule has 0 spiro atoms. The lowest BCUT2D eigenvalue weighted by molar-refractivity contribution is -0.120. The average molecular weight is 547 g/mol. The Morgan fingerprint density at radius 2 is 1.60 bits per heavy atom. The van der Waals surface area contributed by atoms with Crippen molar-refractivity contribution in [2.75, 3.05) is 27.4 Å². The summed E-state index contributed by atoms with van der Waals surface area (Å²) in [5, 5.41) is 10.0. The summed E-state index contributed by atoms with van der Waals surface area (Å²) in [5.41, 5.74) is 20.4. The van der Waals surface area contributed by atoms with E-state index in [1.165, 1.54) is 14.2 Å². The molecule has 2 aliphatic rings. The maximum atomic E-state index is 11.2. The van der Waals surface area contributed by atoms with Gasteiger partial charge in [0, 0.05) is 5.92 Å². The Bertz CT molecular complexity index is 1470. The minimum Gasteiger partial charge on any atom is -0.493 e. The van der Waals surface area contributed by atoms with Crippen molar-refractivity contribution in [3.05, 3.63) is 75.9 Å². The lowest BCUT2D eigenvalue weighted by atomic mass is 9.77. The van der Waals surface area contributed by atoms with E-state index in [2.05, 4.69) is 6.07 Å². The molecule has 6 N–H and O–H groups in total. The zero-order valence-electron chi connectivity index (χ0n) is 22.2. The molecule has 208 valence electrons. The fourth-order valence-corrected chi connectivity index (χ4v) is 4.79. The van der Waals surface area contributed by atoms with Gasteiger partial charge < -0.3 is 40.9 Å². The van der Waals surface area contributed by atoms with Crippen LogP contribution in [0.3, 0.4) is 0 Å². The highest BCUT2D eigenvalue weighted by atomic mass is 16.5. The van der Waals surface area contributed by atoms with Gasteiger partial charge in [0.25, 0.3) is 11.8 Å². The van der Waals surface area contributed by atoms with E-state index >= 15 is 0 Å². The largest absolute Gasteiger partial charge is 0.493 e. The number of nitriles is 1. The highest BCUT2D eigenvalue weighted by molar-refractivity contribution is 5.76. The maximum Gasteiger partial charge on any atom is 0.255 e. The van der Waals surface area contributed by atoms with Crippen LogP contribution in [0, 0.1) is 11.3 Å². The number of methoxy groups -OCH3 is 2. The zero-order chi connectivity index (χ0) is 28.8. The first-order chi connectivity index (χ1) is 19.2. The molecule has 0 bridgehead atoms. The first kappa shape index (κ1) is 27.9. The van der Waals surface area contributed by atoms with Crippen molar-refractivity contribution >= 4 is 17.9 Å². The van der Waals surface area contributed by atoms with Crippen molar-refractivity contribution in [2.45, 2.75) is 25.2 Å². The molecule has 0 radical (unpaired) electrons. The SMILES string of the molecule is COc1cc(/C=C2\CCCC3=C2OC(N)=C(C#N)C3c2ccc(OCC(N)=O)c(OC)c2)ccc1OCC(N)=O. The third-order valence-corrected chi connectivity index (χ3v) is 6.50. The van der Waals surface area contributed by atoms with Crippen LogP contribution in [-0.4, -0.2) is 39.2 Å². The summed E-state index contributed by atoms with van der Waals surface area (Å²) in [6, 6.07) is 12.8. The van der Waals surface area contributed by atoms with Gasteiger partial charge in [-0.05, 0) is 71.9 Å². The van der Waals surface area contributed by atoms with Crippen LogP contribution in [0.25, 0.3) is 6.08 Å². The van der Waals surface area contributed by atoms with Crippen LogP contribution in [0.4, 0.5) is 0 Å². The van der Waals surface area contributed by atoms with Crippen LogP contribution >= 0.6 is 0 Å². The number of allylic oxidation sites excluding steroid dienone is 3. The molecule has 1 aliphatic heterocycles. The number of amides is 2. The first-order valence-electron chi connectivity index (χ1n) is 12.5. The van der Waals surface area contributed by atoms with Gasteiger partial charge in [0.15, 0.2) is 36.2 Å². The third kappa shape index (κ3) is 5.96. The number of carbonyl (C=O) groups is 2. The highest BCUT2D eigenvalue weighted by Gasteiger charge is 2.36. The Hall–Kier alpha value is -5.11. The lowest BCUT2D eigenvalue weighted by Gasteiger charge is -2.33. The first-order valence-corrected chi connectivity index (χ1v) is 12.5. The van der Waals surface area contributed by atoms with Gasteiger partial charge in [-0.15, -0.1) is 0 Å². The number of carbonyl (C=O) groups excluding carboxylic acids is 2. The molecule has 1 atom stereocenters. The van der Waals surface area contributed by atoms with Crippen LogP contribution in [0.15, 0.2) is 64.8 Å². The molecule has 1 heterocycles. The Balaban J connectivity index is 1.73. The molecule has 0 aromatic heterocycles. The fraction of sp³-hybridized carbons (Fsp3) is 0.276. The molecule has 11 heteroatoms. The van der Waals surface area contributed by atoms with E-state index in [0.717, 1.165) is 35.1 Å². The van der Waals surface area contributed by atoms with Crippen LogP contribution in [0.5, 0.6) is 23.0 Å². The predicted octanol–water partition coefficient (Wildman–Crippen LogP) is 2.76. The molecule has 2 amide bonds. The molecule has 2 aromatic rings. The van der Waals surface area contributed by atoms with Crippen molar-refractivity contribution in [2.24, 2.45) is 17.2 Å². The van der Waals surface area contributed by atoms with Gasteiger partial charge in [0.2, 0.25) is 5.88 Å². The molecule has 1 unspecified atom stereocenters. The topological polar surface area (TPSA) is 182 Å². The molecule has 0 saturated heterocycles. The van der Waals surface area contributed by atoms with Gasteiger partial charge >= 0.3 is 0 Å². The van der Waals surface area contributed by atoms with Crippen LogP contribution in [0.2, 0.25) is 0 Å². The quantitative estimate of drug-likeness (QED) is 0.403. The van der Waals surface area contributed by atoms with E-state index in [1.54, 1.807) is 30.3 Å². The Morgan fingerprint density at radius 1 is 0.975 bits per heavy atom. The van der Waals surface area contributed by atoms with E-state index < -0.39 is 17.7 Å². The van der Waals surface area contributed by atoms with Crippen LogP contribution in [0.1, 0.15) is 36.3 Å². The normalized spacial score (nSPS) is 17.4. The summed E-state index contributed by atoms with van der Waals surface area (Å²) in [5.74, 6) is 0.559. The molecular formula is C29H30N4O7. The van der Waals surface area contributed by atoms with Gasteiger partial charge in [-0.1, -0.05) is 12.1 Å². The average Bonchev–Trinajstić information content (AvgIpc) is 2.94. The molecule has 40 heavy (non-hydrogen) atoms. The maximum absolute atomic E-state index is 11.2. The molecule has 4 rings (SSSR count). The third-order valence-electron chi connectivity index (χ3n) is 6.50. The van der Waals surface area contributed by atoms with Gasteiger partial charge in [0.05, 0.1) is 14.2 Å². The van der Waals surface area contributed by atoms with Crippen molar-refractivity contribution in [3.63, 3.8) is 0 Å². The Kier molecular flexibility index (Phi) is 8.49. The predicted molar refractivity (Wildman–Crippen MR) is 145 cm³/mol. The van der Waals surface area contributed by atoms with Crippen molar-refractivity contribution in [3.8, 4) is 29.1 Å². The monoisotopic (exact) mass is 546 g/mol. The van der Waals surface area contributed by atoms with Gasteiger partial charge in [-0.25, -0.2) is 0 Å². The zero-order valence-corrected chi connectivity index (χ0v) is 22.2. The summed E-state index contributed by atoms with van der Waals surface area (Å²) in [4.78, 5) is 22.3. The number of hydrogen-bond acceptors (Lipinski definition) is 9. The van der Waals surface area contributed by atoms with E-state index in [-0.39, 0.29) is 19.1 Å². The molecule has 1 aliphatic carbocycles. The molecule has 0 saturated carbocycles. The van der Waals surface area contributed by atoms with Gasteiger partial charge in [-0.3, -0.25) is 9.59 Å². The Morgan fingerprint density at radius 3 is 2.20 bits per heavy atom. The van der Waals surface area contributed by atoms with Crippen LogP contribution < -0.4 is 36.1 Å². The van der Waals surface area contributed by atoms with Gasteiger partial charge in [0.1, 0.15) is 17.4 Å². The second kappa shape index (κ2) is 12.2. The van der Waals surface area contributed by atoms with E-state index in [9.17, 15) is 14.9 Å². The fourth-order valence-electron chi connectivity index (χ4n) is 4.79. The van der Waals surface area contributed by atoms with E-state index in [0.29, 0.717) is 40.8 Å². The van der Waals surface area contributed by atoms with Crippen LogP contribution in [-0.2, 0) is 14.3 Å². The van der Waals surface area contributed by atoms with E-state index in [4.69, 9.17) is 40.9 Å². The summed E-state index contributed by atoms with van der Waals surface area (Å²) in [6.07, 6.45) is 4.22. The molecule has 11 nitrogen and oxygen atoms in total. The lowest BCUT2D eigenvalue weighted by Crippen LogP contribution is -2.24. The summed E-state index contributed by atoms with van der Waals surface area (Å²) in [6.45, 7) is -0.562. The second-order valence-corrected chi connectivity index (χ2v) is 9.13.